The molecule has 0 amide bonds. The molecule has 4 heteroatoms. The van der Waals surface area contributed by atoms with Crippen molar-refractivity contribution in [3.05, 3.63) is 11.6 Å². The van der Waals surface area contributed by atoms with Crippen LogP contribution in [0.2, 0.25) is 0 Å². The molecule has 0 unspecified atom stereocenters. The highest BCUT2D eigenvalue weighted by molar-refractivity contribution is 5.95. The van der Waals surface area contributed by atoms with Gasteiger partial charge in [0.15, 0.2) is 5.78 Å². The van der Waals surface area contributed by atoms with Gasteiger partial charge in [0.1, 0.15) is 0 Å². The molecule has 0 aromatic heterocycles. The van der Waals surface area contributed by atoms with Gasteiger partial charge in [-0.1, -0.05) is 40.2 Å². The van der Waals surface area contributed by atoms with E-state index in [0.29, 0.717) is 17.6 Å². The number of hydrogen-bond donors (Lipinski definition) is 1. The summed E-state index contributed by atoms with van der Waals surface area (Å²) in [5.41, 5.74) is 0.849. The van der Waals surface area contributed by atoms with Crippen molar-refractivity contribution in [2.45, 2.75) is 105 Å². The maximum absolute atomic E-state index is 14.1. The molecule has 0 aromatic rings. The summed E-state index contributed by atoms with van der Waals surface area (Å²) in [7, 11) is 1.50. The highest BCUT2D eigenvalue weighted by Gasteiger charge is 2.66. The Morgan fingerprint density at radius 2 is 1.65 bits per heavy atom. The second-order valence-electron chi connectivity index (χ2n) is 14.5. The number of ether oxygens (including phenoxy) is 1. The van der Waals surface area contributed by atoms with Gasteiger partial charge in [-0.3, -0.25) is 9.59 Å². The quantitative estimate of drug-likeness (QED) is 0.470. The van der Waals surface area contributed by atoms with Crippen molar-refractivity contribution in [3.63, 3.8) is 0 Å². The van der Waals surface area contributed by atoms with Gasteiger partial charge in [0.05, 0.1) is 18.6 Å². The zero-order chi connectivity index (χ0) is 24.9. The predicted molar refractivity (Wildman–Crippen MR) is 133 cm³/mol. The number of fused-ring (bicyclic) bond motifs is 7. The molecule has 4 saturated carbocycles. The monoisotopic (exact) mass is 470 g/mol. The van der Waals surface area contributed by atoms with Crippen molar-refractivity contribution < 1.29 is 19.4 Å². The first kappa shape index (κ1) is 24.5. The molecule has 190 valence electrons. The Hall–Kier alpha value is -1.16. The summed E-state index contributed by atoms with van der Waals surface area (Å²) < 4.78 is 5.23. The minimum atomic E-state index is -0.467. The van der Waals surface area contributed by atoms with Gasteiger partial charge < -0.3 is 9.84 Å². The molecule has 9 atom stereocenters. The van der Waals surface area contributed by atoms with Crippen LogP contribution in [0.4, 0.5) is 0 Å². The fourth-order valence-electron chi connectivity index (χ4n) is 10.1. The molecule has 34 heavy (non-hydrogen) atoms. The number of rotatable bonds is 1. The fourth-order valence-corrected chi connectivity index (χ4v) is 10.1. The lowest BCUT2D eigenvalue weighted by Crippen LogP contribution is -2.62. The average molecular weight is 471 g/mol. The number of aliphatic hydroxyl groups excluding tert-OH is 1. The van der Waals surface area contributed by atoms with Crippen molar-refractivity contribution in [3.8, 4) is 0 Å². The van der Waals surface area contributed by atoms with Crippen molar-refractivity contribution in [1.82, 2.24) is 0 Å². The largest absolute Gasteiger partial charge is 0.469 e. The van der Waals surface area contributed by atoms with Crippen LogP contribution in [-0.2, 0) is 14.3 Å². The van der Waals surface area contributed by atoms with Crippen LogP contribution in [0.1, 0.15) is 99.3 Å². The summed E-state index contributed by atoms with van der Waals surface area (Å²) in [6.07, 6.45) is 10.7. The van der Waals surface area contributed by atoms with E-state index in [1.54, 1.807) is 0 Å². The first-order valence-corrected chi connectivity index (χ1v) is 13.8. The van der Waals surface area contributed by atoms with Crippen LogP contribution >= 0.6 is 0 Å². The summed E-state index contributed by atoms with van der Waals surface area (Å²) >= 11 is 0. The van der Waals surface area contributed by atoms with E-state index >= 15 is 0 Å². The van der Waals surface area contributed by atoms with E-state index in [4.69, 9.17) is 4.74 Å². The molecule has 0 heterocycles. The summed E-state index contributed by atoms with van der Waals surface area (Å²) in [5, 5.41) is 10.8. The number of esters is 1. The topological polar surface area (TPSA) is 63.6 Å². The minimum Gasteiger partial charge on any atom is -0.469 e. The Bertz CT molecular complexity index is 934. The second-order valence-corrected chi connectivity index (χ2v) is 14.5. The Morgan fingerprint density at radius 1 is 0.971 bits per heavy atom. The number of carbonyl (C=O) groups is 2. The highest BCUT2D eigenvalue weighted by atomic mass is 16.5. The van der Waals surface area contributed by atoms with E-state index in [1.807, 2.05) is 0 Å². The van der Waals surface area contributed by atoms with Crippen LogP contribution in [0, 0.1) is 50.7 Å². The molecule has 5 rings (SSSR count). The van der Waals surface area contributed by atoms with Crippen LogP contribution < -0.4 is 0 Å². The molecule has 1 N–H and O–H groups in total. The summed E-state index contributed by atoms with van der Waals surface area (Å²) in [6, 6.07) is 0. The van der Waals surface area contributed by atoms with Gasteiger partial charge >= 0.3 is 5.97 Å². The number of allylic oxidation sites excluding steroid dienone is 2. The van der Waals surface area contributed by atoms with Crippen LogP contribution in [0.15, 0.2) is 11.6 Å². The van der Waals surface area contributed by atoms with Gasteiger partial charge in [-0.25, -0.2) is 0 Å². The normalized spacial score (nSPS) is 51.8. The van der Waals surface area contributed by atoms with Crippen LogP contribution in [0.3, 0.4) is 0 Å². The third-order valence-corrected chi connectivity index (χ3v) is 12.5. The molecule has 5 aliphatic carbocycles. The van der Waals surface area contributed by atoms with E-state index in [2.05, 4.69) is 47.6 Å². The predicted octanol–water partition coefficient (Wildman–Crippen LogP) is 6.11. The lowest BCUT2D eigenvalue weighted by molar-refractivity contribution is -0.177. The molecular weight excluding hydrogens is 424 g/mol. The molecule has 5 aliphatic rings. The van der Waals surface area contributed by atoms with E-state index in [9.17, 15) is 14.7 Å². The maximum atomic E-state index is 14.1. The van der Waals surface area contributed by atoms with E-state index in [1.165, 1.54) is 19.1 Å². The Labute approximate surface area is 206 Å². The molecular formula is C30H46O4. The first-order chi connectivity index (χ1) is 15.7. The zero-order valence-corrected chi connectivity index (χ0v) is 22.5. The Morgan fingerprint density at radius 3 is 2.32 bits per heavy atom. The SMILES string of the molecule is COC(=O)[C@@]1(C)CC[C@]2(C)CC[C@]3(C)C(=CC(=O)[C@H]4[C@H]3CC[C@H]3C(C)(C)[C@@H](O)CC[C@]43C)[C@@H]2C1. The van der Waals surface area contributed by atoms with Gasteiger partial charge in [0.2, 0.25) is 0 Å². The van der Waals surface area contributed by atoms with Gasteiger partial charge in [0.25, 0.3) is 0 Å². The zero-order valence-electron chi connectivity index (χ0n) is 22.5. The fraction of sp³-hybridized carbons (Fsp3) is 0.867. The second kappa shape index (κ2) is 7.43. The molecule has 0 aromatic carbocycles. The van der Waals surface area contributed by atoms with Gasteiger partial charge in [-0.2, -0.15) is 0 Å². The van der Waals surface area contributed by atoms with E-state index < -0.39 is 5.41 Å². The molecule has 0 radical (unpaired) electrons. The lowest BCUT2D eigenvalue weighted by Gasteiger charge is -2.66. The average Bonchev–Trinajstić information content (AvgIpc) is 2.78. The van der Waals surface area contributed by atoms with Crippen molar-refractivity contribution in [2.24, 2.45) is 50.7 Å². The van der Waals surface area contributed by atoms with Crippen molar-refractivity contribution in [1.29, 1.82) is 0 Å². The number of methoxy groups -OCH3 is 1. The molecule has 0 spiro atoms. The van der Waals surface area contributed by atoms with Crippen molar-refractivity contribution >= 4 is 11.8 Å². The molecule has 4 fully saturated rings. The highest BCUT2D eigenvalue weighted by Crippen LogP contribution is 2.71. The summed E-state index contributed by atoms with van der Waals surface area (Å²) in [4.78, 5) is 26.8. The van der Waals surface area contributed by atoms with Crippen LogP contribution in [0.25, 0.3) is 0 Å². The summed E-state index contributed by atoms with van der Waals surface area (Å²) in [5.74, 6) is 1.28. The van der Waals surface area contributed by atoms with E-state index in [-0.39, 0.29) is 45.6 Å². The van der Waals surface area contributed by atoms with Crippen LogP contribution in [-0.4, -0.2) is 30.1 Å². The third-order valence-electron chi connectivity index (χ3n) is 12.5. The number of hydrogen-bond acceptors (Lipinski definition) is 4. The number of carbonyl (C=O) groups excluding carboxylic acids is 2. The molecule has 4 nitrogen and oxygen atoms in total. The molecule has 0 saturated heterocycles. The third kappa shape index (κ3) is 3.05. The van der Waals surface area contributed by atoms with Crippen LogP contribution in [0.5, 0.6) is 0 Å². The summed E-state index contributed by atoms with van der Waals surface area (Å²) in [6.45, 7) is 13.7. The Kier molecular flexibility index (Phi) is 5.36. The maximum Gasteiger partial charge on any atom is 0.311 e. The van der Waals surface area contributed by atoms with Gasteiger partial charge in [0, 0.05) is 5.92 Å². The molecule has 0 aliphatic heterocycles. The molecule has 0 bridgehead atoms. The lowest BCUT2D eigenvalue weighted by atomic mass is 9.38. The van der Waals surface area contributed by atoms with E-state index in [0.717, 1.165) is 51.4 Å². The Balaban J connectivity index is 1.56. The smallest absolute Gasteiger partial charge is 0.311 e. The number of aliphatic hydroxyl groups is 1. The van der Waals surface area contributed by atoms with Gasteiger partial charge in [-0.05, 0) is 110 Å². The number of ketones is 1. The first-order valence-electron chi connectivity index (χ1n) is 13.8. The van der Waals surface area contributed by atoms with Crippen molar-refractivity contribution in [2.75, 3.05) is 7.11 Å². The van der Waals surface area contributed by atoms with Gasteiger partial charge in [-0.15, -0.1) is 0 Å². The standard InChI is InChI=1S/C30H46O4/c1-26(2)22-9-8-18-24(30(22,6)11-10-23(26)32)21(31)16-19-20-17-28(4,25(33)34-7)13-12-27(20,3)14-15-29(18,19)5/h16,18,20,22-24,32H,8-15,17H2,1-7H3/t18-,20+,22+,23+,24-,27-,28+,29+,30+/m1/s1. The minimum absolute atomic E-state index is 0.0192.